The van der Waals surface area contributed by atoms with E-state index in [0.29, 0.717) is 0 Å². The zero-order valence-electron chi connectivity index (χ0n) is 15.0. The standard InChI is InChI=1S/C21H19N3.2ClH.Fe/c1-16(22-18-10-5-3-6-11-18)20-14-9-15-21(24-20)17(2)23-19-12-7-4-8-13-19;;;/h3-15H,1-2H3;2*1H;/q;;;+2/p-2. The fourth-order valence-corrected chi connectivity index (χ4v) is 2.34. The van der Waals surface area contributed by atoms with E-state index in [1.54, 1.807) is 0 Å². The number of rotatable bonds is 4. The molecule has 1 heterocycles. The van der Waals surface area contributed by atoms with Crippen LogP contribution in [0.4, 0.5) is 11.4 Å². The third-order valence-electron chi connectivity index (χ3n) is 3.60. The molecule has 0 unspecified atom stereocenters. The first-order valence-corrected chi connectivity index (χ1v) is 11.2. The van der Waals surface area contributed by atoms with E-state index in [-0.39, 0.29) is 13.1 Å². The molecule has 0 spiro atoms. The first-order valence-electron chi connectivity index (χ1n) is 8.17. The van der Waals surface area contributed by atoms with Crippen molar-refractivity contribution in [3.05, 3.63) is 90.3 Å². The van der Waals surface area contributed by atoms with Crippen molar-refractivity contribution in [1.29, 1.82) is 0 Å². The van der Waals surface area contributed by atoms with Crippen LogP contribution in [0.3, 0.4) is 0 Å². The summed E-state index contributed by atoms with van der Waals surface area (Å²) in [5, 5.41) is 0. The molecule has 0 aliphatic rings. The molecule has 0 saturated heterocycles. The van der Waals surface area contributed by atoms with Gasteiger partial charge in [0.25, 0.3) is 0 Å². The molecule has 0 aliphatic heterocycles. The van der Waals surface area contributed by atoms with Gasteiger partial charge < -0.3 is 0 Å². The number of hydrogen-bond acceptors (Lipinski definition) is 3. The molecule has 1 aromatic heterocycles. The first-order chi connectivity index (χ1) is 13.1. The molecule has 6 heteroatoms. The molecule has 3 nitrogen and oxygen atoms in total. The quantitative estimate of drug-likeness (QED) is 0.327. The molecule has 0 radical (unpaired) electrons. The predicted octanol–water partition coefficient (Wildman–Crippen LogP) is 6.74. The Bertz CT molecular complexity index is 827. The monoisotopic (exact) mass is 439 g/mol. The van der Waals surface area contributed by atoms with Crippen LogP contribution in [0.15, 0.2) is 88.8 Å². The SMILES string of the molecule is CC(=Nc1ccccc1)c1cccc(C(C)=Nc2ccccc2)n1.[Cl][Fe][Cl]. The van der Waals surface area contributed by atoms with Crippen molar-refractivity contribution in [1.82, 2.24) is 4.98 Å². The Morgan fingerprint density at radius 1 is 0.667 bits per heavy atom. The van der Waals surface area contributed by atoms with Crippen LogP contribution in [-0.2, 0) is 13.1 Å². The van der Waals surface area contributed by atoms with Crippen molar-refractivity contribution in [2.75, 3.05) is 0 Å². The van der Waals surface area contributed by atoms with E-state index in [0.717, 1.165) is 34.2 Å². The first kappa shape index (κ1) is 21.3. The summed E-state index contributed by atoms with van der Waals surface area (Å²) >= 11 is 0.194. The van der Waals surface area contributed by atoms with E-state index < -0.39 is 0 Å². The fourth-order valence-electron chi connectivity index (χ4n) is 2.34. The van der Waals surface area contributed by atoms with E-state index in [1.807, 2.05) is 92.7 Å². The number of hydrogen-bond donors (Lipinski definition) is 0. The number of pyridine rings is 1. The van der Waals surface area contributed by atoms with Crippen LogP contribution < -0.4 is 0 Å². The summed E-state index contributed by atoms with van der Waals surface area (Å²) in [4.78, 5) is 14.0. The second kappa shape index (κ2) is 11.7. The van der Waals surface area contributed by atoms with Crippen LogP contribution in [-0.4, -0.2) is 16.4 Å². The van der Waals surface area contributed by atoms with Crippen molar-refractivity contribution in [2.45, 2.75) is 13.8 Å². The van der Waals surface area contributed by atoms with Crippen LogP contribution in [0, 0.1) is 0 Å². The van der Waals surface area contributed by atoms with Gasteiger partial charge in [-0.2, -0.15) is 0 Å². The molecule has 27 heavy (non-hydrogen) atoms. The Hall–Kier alpha value is -1.97. The minimum atomic E-state index is 0.194. The van der Waals surface area contributed by atoms with E-state index in [1.165, 1.54) is 0 Å². The topological polar surface area (TPSA) is 37.6 Å². The van der Waals surface area contributed by atoms with Gasteiger partial charge in [-0.3, -0.25) is 9.98 Å². The van der Waals surface area contributed by atoms with Gasteiger partial charge in [0, 0.05) is 0 Å². The third kappa shape index (κ3) is 7.28. The van der Waals surface area contributed by atoms with E-state index in [2.05, 4.69) is 9.98 Å². The molecule has 0 atom stereocenters. The van der Waals surface area contributed by atoms with Crippen LogP contribution in [0.2, 0.25) is 0 Å². The Morgan fingerprint density at radius 2 is 1.04 bits per heavy atom. The summed E-state index contributed by atoms with van der Waals surface area (Å²) < 4.78 is 0. The van der Waals surface area contributed by atoms with Crippen molar-refractivity contribution < 1.29 is 13.1 Å². The fraction of sp³-hybridized carbons (Fsp3) is 0.0952. The Labute approximate surface area is 174 Å². The molecule has 0 N–H and O–H groups in total. The van der Waals surface area contributed by atoms with Crippen LogP contribution in [0.1, 0.15) is 25.2 Å². The normalized spacial score (nSPS) is 11.7. The number of nitrogens with zero attached hydrogens (tertiary/aromatic N) is 3. The summed E-state index contributed by atoms with van der Waals surface area (Å²) in [6.07, 6.45) is 0. The number of para-hydroxylation sites is 2. The van der Waals surface area contributed by atoms with Gasteiger partial charge in [-0.15, -0.1) is 0 Å². The van der Waals surface area contributed by atoms with Gasteiger partial charge in [-0.25, -0.2) is 4.98 Å². The maximum absolute atomic E-state index is 4.76. The molecule has 0 saturated carbocycles. The van der Waals surface area contributed by atoms with E-state index in [9.17, 15) is 0 Å². The molecule has 2 aromatic carbocycles. The number of benzene rings is 2. The molecular weight excluding hydrogens is 421 g/mol. The van der Waals surface area contributed by atoms with Gasteiger partial charge in [-0.1, -0.05) is 42.5 Å². The molecule has 3 rings (SSSR count). The summed E-state index contributed by atoms with van der Waals surface area (Å²) in [5.41, 5.74) is 5.35. The number of halogens is 2. The average Bonchev–Trinajstić information content (AvgIpc) is 2.70. The van der Waals surface area contributed by atoms with E-state index in [4.69, 9.17) is 25.2 Å². The van der Waals surface area contributed by atoms with Crippen LogP contribution >= 0.6 is 20.2 Å². The zero-order chi connectivity index (χ0) is 19.5. The summed E-state index contributed by atoms with van der Waals surface area (Å²) in [6, 6.07) is 25.7. The van der Waals surface area contributed by atoms with Gasteiger partial charge in [-0.05, 0) is 50.2 Å². The summed E-state index contributed by atoms with van der Waals surface area (Å²) in [7, 11) is 9.53. The molecule has 0 amide bonds. The predicted molar refractivity (Wildman–Crippen MR) is 113 cm³/mol. The van der Waals surface area contributed by atoms with Gasteiger partial charge in [0.2, 0.25) is 0 Å². The molecule has 0 bridgehead atoms. The van der Waals surface area contributed by atoms with Gasteiger partial charge >= 0.3 is 33.3 Å². The molecule has 0 aliphatic carbocycles. The van der Waals surface area contributed by atoms with Crippen molar-refractivity contribution >= 4 is 43.0 Å². The average molecular weight is 440 g/mol. The van der Waals surface area contributed by atoms with Crippen molar-refractivity contribution in [3.8, 4) is 0 Å². The Morgan fingerprint density at radius 3 is 1.41 bits per heavy atom. The second-order valence-electron chi connectivity index (χ2n) is 5.52. The minimum absolute atomic E-state index is 0.194. The van der Waals surface area contributed by atoms with Crippen LogP contribution in [0.25, 0.3) is 0 Å². The van der Waals surface area contributed by atoms with Gasteiger partial charge in [0.1, 0.15) is 0 Å². The van der Waals surface area contributed by atoms with Crippen molar-refractivity contribution in [2.24, 2.45) is 9.98 Å². The Balaban J connectivity index is 0.000000817. The van der Waals surface area contributed by atoms with E-state index >= 15 is 0 Å². The molecular formula is C21H19Cl2FeN3. The van der Waals surface area contributed by atoms with Crippen molar-refractivity contribution in [3.63, 3.8) is 0 Å². The molecule has 0 fully saturated rings. The molecule has 3 aromatic rings. The maximum atomic E-state index is 4.76. The third-order valence-corrected chi connectivity index (χ3v) is 3.60. The Kier molecular flexibility index (Phi) is 9.23. The number of aromatic nitrogens is 1. The van der Waals surface area contributed by atoms with Gasteiger partial charge in [0.05, 0.1) is 34.2 Å². The summed E-state index contributed by atoms with van der Waals surface area (Å²) in [6.45, 7) is 3.95. The summed E-state index contributed by atoms with van der Waals surface area (Å²) in [5.74, 6) is 0. The van der Waals surface area contributed by atoms with Crippen LogP contribution in [0.5, 0.6) is 0 Å². The van der Waals surface area contributed by atoms with Gasteiger partial charge in [0.15, 0.2) is 0 Å². The second-order valence-corrected chi connectivity index (χ2v) is 7.35. The number of aliphatic imine (C=N–C) groups is 2. The zero-order valence-corrected chi connectivity index (χ0v) is 17.6. The molecule has 140 valence electrons.